The molecule has 0 fully saturated rings. The van der Waals surface area contributed by atoms with Crippen LogP contribution in [0.3, 0.4) is 0 Å². The average Bonchev–Trinajstić information content (AvgIpc) is 2.83. The van der Waals surface area contributed by atoms with Crippen molar-refractivity contribution in [2.24, 2.45) is 0 Å². The highest BCUT2D eigenvalue weighted by Gasteiger charge is 1.96. The van der Waals surface area contributed by atoms with Crippen molar-refractivity contribution in [3.8, 4) is 17.6 Å². The third-order valence-corrected chi connectivity index (χ3v) is 5.40. The predicted molar refractivity (Wildman–Crippen MR) is 136 cm³/mol. The van der Waals surface area contributed by atoms with E-state index in [0.29, 0.717) is 5.82 Å². The summed E-state index contributed by atoms with van der Waals surface area (Å²) in [4.78, 5) is 8.73. The summed E-state index contributed by atoms with van der Waals surface area (Å²) in [5.41, 5.74) is 1.96. The Morgan fingerprint density at radius 2 is 1.38 bits per heavy atom. The van der Waals surface area contributed by atoms with Crippen LogP contribution in [-0.2, 0) is 0 Å². The van der Waals surface area contributed by atoms with E-state index in [1.165, 1.54) is 64.2 Å². The predicted octanol–water partition coefficient (Wildman–Crippen LogP) is 7.99. The SMILES string of the molecule is CCCCCCC/C=C/c1cnc(C#Cc2ccc(OCCCCCCCC)cc2)nc1. The highest BCUT2D eigenvalue weighted by Crippen LogP contribution is 2.13. The number of benzene rings is 1. The Hall–Kier alpha value is -2.60. The van der Waals surface area contributed by atoms with E-state index in [1.807, 2.05) is 36.7 Å². The van der Waals surface area contributed by atoms with Gasteiger partial charge in [0.2, 0.25) is 5.82 Å². The minimum atomic E-state index is 0.546. The van der Waals surface area contributed by atoms with Gasteiger partial charge >= 0.3 is 0 Å². The van der Waals surface area contributed by atoms with Crippen LogP contribution in [0.1, 0.15) is 108 Å². The topological polar surface area (TPSA) is 35.0 Å². The lowest BCUT2D eigenvalue weighted by molar-refractivity contribution is 0.304. The van der Waals surface area contributed by atoms with Gasteiger partial charge in [-0.15, -0.1) is 0 Å². The molecule has 1 heterocycles. The van der Waals surface area contributed by atoms with E-state index in [1.54, 1.807) is 0 Å². The number of hydrogen-bond acceptors (Lipinski definition) is 3. The Bertz CT molecular complexity index is 813. The monoisotopic (exact) mass is 432 g/mol. The van der Waals surface area contributed by atoms with Gasteiger partial charge in [0.05, 0.1) is 6.61 Å². The molecule has 0 unspecified atom stereocenters. The van der Waals surface area contributed by atoms with Crippen molar-refractivity contribution in [2.75, 3.05) is 6.61 Å². The second-order valence-electron chi connectivity index (χ2n) is 8.34. The molecule has 32 heavy (non-hydrogen) atoms. The summed E-state index contributed by atoms with van der Waals surface area (Å²) in [7, 11) is 0. The van der Waals surface area contributed by atoms with Crippen LogP contribution in [0.2, 0.25) is 0 Å². The lowest BCUT2D eigenvalue weighted by atomic mass is 10.1. The van der Waals surface area contributed by atoms with E-state index in [-0.39, 0.29) is 0 Å². The summed E-state index contributed by atoms with van der Waals surface area (Å²) in [5.74, 6) is 7.63. The normalized spacial score (nSPS) is 10.8. The molecule has 0 bridgehead atoms. The lowest BCUT2D eigenvalue weighted by Gasteiger charge is -2.06. The fourth-order valence-corrected chi connectivity index (χ4v) is 3.41. The van der Waals surface area contributed by atoms with Crippen molar-refractivity contribution < 1.29 is 4.74 Å². The summed E-state index contributed by atoms with van der Waals surface area (Å²) < 4.78 is 5.83. The van der Waals surface area contributed by atoms with Crippen molar-refractivity contribution in [3.63, 3.8) is 0 Å². The van der Waals surface area contributed by atoms with Crippen LogP contribution in [0.5, 0.6) is 5.75 Å². The number of rotatable bonds is 15. The van der Waals surface area contributed by atoms with Crippen molar-refractivity contribution in [1.29, 1.82) is 0 Å². The molecule has 0 aliphatic carbocycles. The van der Waals surface area contributed by atoms with Gasteiger partial charge in [0, 0.05) is 23.5 Å². The molecule has 0 radical (unpaired) electrons. The maximum atomic E-state index is 5.83. The van der Waals surface area contributed by atoms with Gasteiger partial charge in [-0.05, 0) is 49.4 Å². The first-order chi connectivity index (χ1) is 15.8. The zero-order valence-electron chi connectivity index (χ0n) is 20.1. The molecule has 0 atom stereocenters. The van der Waals surface area contributed by atoms with Gasteiger partial charge in [0.1, 0.15) is 5.75 Å². The summed E-state index contributed by atoms with van der Waals surface area (Å²) in [5, 5.41) is 0. The first kappa shape index (κ1) is 25.7. The molecule has 0 aliphatic heterocycles. The van der Waals surface area contributed by atoms with Crippen LogP contribution < -0.4 is 4.74 Å². The van der Waals surface area contributed by atoms with E-state index in [9.17, 15) is 0 Å². The summed E-state index contributed by atoms with van der Waals surface area (Å²) >= 11 is 0. The standard InChI is InChI=1S/C29H40N2O/c1-3-5-7-9-11-12-14-16-27-24-30-29(31-25-27)22-19-26-17-20-28(21-18-26)32-23-15-13-10-8-6-4-2/h14,16-18,20-21,24-25H,3-13,15,23H2,1-2H3/b16-14+. The van der Waals surface area contributed by atoms with Crippen LogP contribution in [0, 0.1) is 11.8 Å². The maximum absolute atomic E-state index is 5.83. The molecule has 172 valence electrons. The number of aromatic nitrogens is 2. The van der Waals surface area contributed by atoms with Gasteiger partial charge < -0.3 is 4.74 Å². The highest BCUT2D eigenvalue weighted by molar-refractivity contribution is 5.47. The molecule has 0 amide bonds. The summed E-state index contributed by atoms with van der Waals surface area (Å²) in [6, 6.07) is 7.94. The molecule has 0 N–H and O–H groups in total. The molecule has 0 aliphatic rings. The number of hydrogen-bond donors (Lipinski definition) is 0. The third kappa shape index (κ3) is 11.7. The van der Waals surface area contributed by atoms with Crippen LogP contribution in [0.4, 0.5) is 0 Å². The second kappa shape index (κ2) is 17.0. The zero-order valence-corrected chi connectivity index (χ0v) is 20.1. The van der Waals surface area contributed by atoms with Crippen molar-refractivity contribution in [3.05, 3.63) is 59.7 Å². The molecule has 1 aromatic carbocycles. The number of unbranched alkanes of at least 4 members (excludes halogenated alkanes) is 10. The smallest absolute Gasteiger partial charge is 0.205 e. The minimum Gasteiger partial charge on any atom is -0.494 e. The Morgan fingerprint density at radius 3 is 2.06 bits per heavy atom. The van der Waals surface area contributed by atoms with Crippen LogP contribution >= 0.6 is 0 Å². The number of nitrogens with zero attached hydrogens (tertiary/aromatic N) is 2. The molecule has 2 rings (SSSR count). The summed E-state index contributed by atoms with van der Waals surface area (Å²) in [6.45, 7) is 5.28. The maximum Gasteiger partial charge on any atom is 0.205 e. The van der Waals surface area contributed by atoms with Crippen molar-refractivity contribution in [2.45, 2.75) is 90.9 Å². The molecule has 0 saturated carbocycles. The van der Waals surface area contributed by atoms with Gasteiger partial charge in [-0.2, -0.15) is 0 Å². The quantitative estimate of drug-likeness (QED) is 0.211. The second-order valence-corrected chi connectivity index (χ2v) is 8.34. The third-order valence-electron chi connectivity index (χ3n) is 5.40. The highest BCUT2D eigenvalue weighted by atomic mass is 16.5. The van der Waals surface area contributed by atoms with Crippen LogP contribution in [0.25, 0.3) is 6.08 Å². The average molecular weight is 433 g/mol. The van der Waals surface area contributed by atoms with E-state index >= 15 is 0 Å². The molecular weight excluding hydrogens is 392 g/mol. The van der Waals surface area contributed by atoms with E-state index in [4.69, 9.17) is 4.74 Å². The molecule has 0 spiro atoms. The Balaban J connectivity index is 1.70. The van der Waals surface area contributed by atoms with Gasteiger partial charge in [0.15, 0.2) is 0 Å². The first-order valence-corrected chi connectivity index (χ1v) is 12.5. The zero-order chi connectivity index (χ0) is 22.7. The Morgan fingerprint density at radius 1 is 0.750 bits per heavy atom. The molecule has 3 nitrogen and oxygen atoms in total. The van der Waals surface area contributed by atoms with Gasteiger partial charge in [0.25, 0.3) is 0 Å². The van der Waals surface area contributed by atoms with Crippen LogP contribution in [-0.4, -0.2) is 16.6 Å². The Kier molecular flexibility index (Phi) is 13.6. The number of allylic oxidation sites excluding steroid dienone is 1. The molecule has 2 aromatic rings. The minimum absolute atomic E-state index is 0.546. The van der Waals surface area contributed by atoms with Crippen molar-refractivity contribution in [1.82, 2.24) is 9.97 Å². The summed E-state index contributed by atoms with van der Waals surface area (Å²) in [6.07, 6.45) is 23.3. The van der Waals surface area contributed by atoms with E-state index in [2.05, 4.69) is 47.8 Å². The Labute approximate surface area is 195 Å². The fraction of sp³-hybridized carbons (Fsp3) is 0.517. The molecule has 3 heteroatoms. The number of ether oxygens (including phenoxy) is 1. The fourth-order valence-electron chi connectivity index (χ4n) is 3.41. The molecule has 0 saturated heterocycles. The van der Waals surface area contributed by atoms with Gasteiger partial charge in [-0.1, -0.05) is 89.7 Å². The van der Waals surface area contributed by atoms with Gasteiger partial charge in [-0.3, -0.25) is 0 Å². The largest absolute Gasteiger partial charge is 0.494 e. The molecule has 1 aromatic heterocycles. The first-order valence-electron chi connectivity index (χ1n) is 12.5. The lowest BCUT2D eigenvalue weighted by Crippen LogP contribution is -1.97. The van der Waals surface area contributed by atoms with E-state index in [0.717, 1.165) is 36.3 Å². The van der Waals surface area contributed by atoms with Gasteiger partial charge in [-0.25, -0.2) is 9.97 Å². The van der Waals surface area contributed by atoms with E-state index < -0.39 is 0 Å². The molecular formula is C29H40N2O. The van der Waals surface area contributed by atoms with Crippen LogP contribution in [0.15, 0.2) is 42.7 Å². The van der Waals surface area contributed by atoms with Crippen molar-refractivity contribution >= 4 is 6.08 Å².